The Balaban J connectivity index is 0.000000459. The van der Waals surface area contributed by atoms with E-state index >= 15 is 0 Å². The number of ether oxygens (including phenoxy) is 2. The van der Waals surface area contributed by atoms with Crippen LogP contribution in [0, 0.1) is 0 Å². The van der Waals surface area contributed by atoms with Crippen molar-refractivity contribution in [2.75, 3.05) is 47.9 Å². The quantitative estimate of drug-likeness (QED) is 0.218. The Morgan fingerprint density at radius 2 is 1.51 bits per heavy atom. The largest absolute Gasteiger partial charge is 0.497 e. The fraction of sp³-hybridized carbons (Fsp3) is 0.344. The Hall–Kier alpha value is -4.04. The molecule has 0 bridgehead atoms. The second-order valence-corrected chi connectivity index (χ2v) is 11.0. The number of alkyl halides is 3. The van der Waals surface area contributed by atoms with Gasteiger partial charge < -0.3 is 29.9 Å². The lowest BCUT2D eigenvalue weighted by molar-refractivity contribution is -0.192. The van der Waals surface area contributed by atoms with Crippen LogP contribution in [0.1, 0.15) is 35.7 Å². The third-order valence-corrected chi connectivity index (χ3v) is 6.98. The van der Waals surface area contributed by atoms with Gasteiger partial charge in [0, 0.05) is 29.2 Å². The number of hydrogen-bond acceptors (Lipinski definition) is 7. The summed E-state index contributed by atoms with van der Waals surface area (Å²) in [5.41, 5.74) is 2.18. The number of carboxylic acid groups (broad SMARTS) is 2. The predicted octanol–water partition coefficient (Wildman–Crippen LogP) is 7.02. The first-order valence-electron chi connectivity index (χ1n) is 14.2. The third-order valence-electron chi connectivity index (χ3n) is 6.48. The van der Waals surface area contributed by atoms with E-state index in [1.807, 2.05) is 38.2 Å². The molecule has 2 unspecified atom stereocenters. The second kappa shape index (κ2) is 18.3. The molecule has 0 aromatic heterocycles. The van der Waals surface area contributed by atoms with Crippen LogP contribution in [0.2, 0.25) is 10.0 Å². The van der Waals surface area contributed by atoms with Crippen LogP contribution < -0.4 is 14.8 Å². The normalized spacial score (nSPS) is 15.6. The molecule has 3 aromatic rings. The van der Waals surface area contributed by atoms with E-state index in [2.05, 4.69) is 24.3 Å². The average Bonchev–Trinajstić information content (AvgIpc) is 3.42. The monoisotopic (exact) mass is 700 g/mol. The summed E-state index contributed by atoms with van der Waals surface area (Å²) in [7, 11) is 7.66. The molecule has 4 rings (SSSR count). The topological polar surface area (TPSA) is 124 Å². The number of likely N-dealkylation sites (N-methyl/N-ethyl adjacent to an activating group) is 2. The highest BCUT2D eigenvalue weighted by Gasteiger charge is 2.43. The molecule has 47 heavy (non-hydrogen) atoms. The summed E-state index contributed by atoms with van der Waals surface area (Å²) in [5.74, 6) is -1.36. The first-order valence-corrected chi connectivity index (χ1v) is 14.9. The minimum Gasteiger partial charge on any atom is -0.497 e. The van der Waals surface area contributed by atoms with Crippen molar-refractivity contribution in [2.45, 2.75) is 25.2 Å². The van der Waals surface area contributed by atoms with Crippen molar-refractivity contribution in [2.24, 2.45) is 4.99 Å². The van der Waals surface area contributed by atoms with Crippen LogP contribution >= 0.6 is 23.2 Å². The molecule has 15 heteroatoms. The van der Waals surface area contributed by atoms with Gasteiger partial charge >= 0.3 is 18.2 Å². The summed E-state index contributed by atoms with van der Waals surface area (Å²) in [4.78, 5) is 29.8. The molecule has 0 radical (unpaired) electrons. The van der Waals surface area contributed by atoms with E-state index in [0.717, 1.165) is 24.2 Å². The number of amides is 1. The van der Waals surface area contributed by atoms with Crippen LogP contribution in [0.4, 0.5) is 18.0 Å². The minimum atomic E-state index is -5.08. The number of aliphatic imine (C=N–C) groups is 1. The molecule has 0 saturated heterocycles. The number of halogens is 5. The van der Waals surface area contributed by atoms with Gasteiger partial charge in [0.1, 0.15) is 23.4 Å². The van der Waals surface area contributed by atoms with E-state index < -0.39 is 30.3 Å². The summed E-state index contributed by atoms with van der Waals surface area (Å²) in [5, 5.41) is 21.6. The molecule has 1 aliphatic rings. The number of carboxylic acids is 1. The van der Waals surface area contributed by atoms with Gasteiger partial charge in [-0.05, 0) is 75.6 Å². The SMILES string of the molecule is CCOc1cc(OC)ccc1C1=NC(c2ccc(Cl)cc2)C(c2ccc(Cl)cc2)N1C(=O)O.CNCCN(C)C.O=C(O)C(F)(F)F. The van der Waals surface area contributed by atoms with Crippen molar-refractivity contribution in [3.05, 3.63) is 93.5 Å². The lowest BCUT2D eigenvalue weighted by atomic mass is 9.94. The fourth-order valence-electron chi connectivity index (χ4n) is 4.28. The number of nitrogens with one attached hydrogen (secondary N) is 1. The second-order valence-electron chi connectivity index (χ2n) is 10.1. The van der Waals surface area contributed by atoms with Gasteiger partial charge in [0.25, 0.3) is 0 Å². The number of amidine groups is 1. The predicted molar refractivity (Wildman–Crippen MR) is 175 cm³/mol. The molecule has 3 N–H and O–H groups in total. The highest BCUT2D eigenvalue weighted by molar-refractivity contribution is 6.30. The Bertz CT molecular complexity index is 1490. The molecule has 10 nitrogen and oxygen atoms in total. The minimum absolute atomic E-state index is 0.300. The molecular weight excluding hydrogens is 664 g/mol. The molecule has 0 saturated carbocycles. The van der Waals surface area contributed by atoms with Crippen molar-refractivity contribution in [1.82, 2.24) is 15.1 Å². The van der Waals surface area contributed by atoms with Gasteiger partial charge in [-0.25, -0.2) is 9.59 Å². The van der Waals surface area contributed by atoms with E-state index in [9.17, 15) is 23.1 Å². The lowest BCUT2D eigenvalue weighted by Gasteiger charge is -2.27. The van der Waals surface area contributed by atoms with E-state index in [0.29, 0.717) is 39.6 Å². The number of benzene rings is 3. The van der Waals surface area contributed by atoms with Crippen molar-refractivity contribution >= 4 is 41.1 Å². The van der Waals surface area contributed by atoms with Crippen LogP contribution in [0.15, 0.2) is 71.7 Å². The molecule has 3 aromatic carbocycles. The van der Waals surface area contributed by atoms with Gasteiger partial charge in [0.2, 0.25) is 0 Å². The van der Waals surface area contributed by atoms with Crippen LogP contribution in [0.5, 0.6) is 11.5 Å². The van der Waals surface area contributed by atoms with Crippen LogP contribution in [0.25, 0.3) is 0 Å². The number of methoxy groups -OCH3 is 1. The first kappa shape index (κ1) is 39.1. The maximum atomic E-state index is 12.6. The Kier molecular flexibility index (Phi) is 15.3. The number of aliphatic carboxylic acids is 1. The Labute approximate surface area is 281 Å². The number of rotatable bonds is 9. The number of hydrogen-bond donors (Lipinski definition) is 3. The Morgan fingerprint density at radius 3 is 1.91 bits per heavy atom. The van der Waals surface area contributed by atoms with Gasteiger partial charge in [0.15, 0.2) is 0 Å². The van der Waals surface area contributed by atoms with E-state index in [4.69, 9.17) is 47.6 Å². The van der Waals surface area contributed by atoms with Gasteiger partial charge in [-0.1, -0.05) is 47.5 Å². The molecule has 256 valence electrons. The summed E-state index contributed by atoms with van der Waals surface area (Å²) >= 11 is 12.2. The number of carbonyl (C=O) groups is 2. The van der Waals surface area contributed by atoms with Crippen LogP contribution in [-0.2, 0) is 4.79 Å². The molecule has 1 aliphatic heterocycles. The number of nitrogens with zero attached hydrogens (tertiary/aromatic N) is 3. The molecule has 2 atom stereocenters. The van der Waals surface area contributed by atoms with Crippen LogP contribution in [-0.4, -0.2) is 92.0 Å². The van der Waals surface area contributed by atoms with Crippen LogP contribution in [0.3, 0.4) is 0 Å². The van der Waals surface area contributed by atoms with Gasteiger partial charge in [-0.15, -0.1) is 0 Å². The van der Waals surface area contributed by atoms with E-state index in [1.54, 1.807) is 49.6 Å². The highest BCUT2D eigenvalue weighted by atomic mass is 35.5. The molecule has 1 amide bonds. The lowest BCUT2D eigenvalue weighted by Crippen LogP contribution is -2.36. The summed E-state index contributed by atoms with van der Waals surface area (Å²) in [6, 6.07) is 18.5. The van der Waals surface area contributed by atoms with Crippen molar-refractivity contribution in [3.63, 3.8) is 0 Å². The highest BCUT2D eigenvalue weighted by Crippen LogP contribution is 2.45. The van der Waals surface area contributed by atoms with Gasteiger partial charge in [0.05, 0.1) is 25.3 Å². The fourth-order valence-corrected chi connectivity index (χ4v) is 4.53. The molecule has 0 aliphatic carbocycles. The third kappa shape index (κ3) is 11.6. The molecule has 0 spiro atoms. The first-order chi connectivity index (χ1) is 22.1. The smallest absolute Gasteiger partial charge is 0.490 e. The van der Waals surface area contributed by atoms with Crippen molar-refractivity contribution < 1.29 is 42.4 Å². The summed E-state index contributed by atoms with van der Waals surface area (Å²) in [6.45, 7) is 4.47. The zero-order valence-electron chi connectivity index (χ0n) is 26.4. The van der Waals surface area contributed by atoms with E-state index in [1.165, 1.54) is 4.90 Å². The van der Waals surface area contributed by atoms with Crippen molar-refractivity contribution in [1.29, 1.82) is 0 Å². The van der Waals surface area contributed by atoms with Crippen molar-refractivity contribution in [3.8, 4) is 11.5 Å². The molecule has 1 heterocycles. The molecule has 0 fully saturated rings. The standard InChI is InChI=1S/C25H22Cl2N2O4.C5H14N2.C2HF3O2/c1-3-33-21-14-19(32-2)12-13-20(21)24-28-22(15-4-8-17(26)9-5-15)23(29(24)25(30)31)16-6-10-18(27)11-7-16;1-6-4-5-7(2)3;3-2(4,5)1(6)7/h4-14,22-23H,3H2,1-2H3,(H,30,31);6H,4-5H2,1-3H3;(H,6,7). The molecular formula is C32H37Cl2F3N4O6. The summed E-state index contributed by atoms with van der Waals surface area (Å²) in [6.07, 6.45) is -6.21. The van der Waals surface area contributed by atoms with Gasteiger partial charge in [-0.3, -0.25) is 9.89 Å². The zero-order chi connectivity index (χ0) is 35.3. The maximum absolute atomic E-state index is 12.6. The average molecular weight is 702 g/mol. The van der Waals surface area contributed by atoms with E-state index in [-0.39, 0.29) is 0 Å². The Morgan fingerprint density at radius 1 is 0.979 bits per heavy atom. The zero-order valence-corrected chi connectivity index (χ0v) is 27.9. The van der Waals surface area contributed by atoms with Gasteiger partial charge in [-0.2, -0.15) is 13.2 Å². The maximum Gasteiger partial charge on any atom is 0.490 e. The summed E-state index contributed by atoms with van der Waals surface area (Å²) < 4.78 is 42.9.